The molecule has 88 valence electrons. The first-order valence-electron chi connectivity index (χ1n) is 6.13. The maximum absolute atomic E-state index is 5.47. The fraction of sp³-hybridized carbons (Fsp3) is 0.818. The minimum Gasteiger partial charge on any atom is -0.339 e. The zero-order chi connectivity index (χ0) is 11.0. The Morgan fingerprint density at radius 3 is 3.25 bits per heavy atom. The number of fused-ring (bicyclic) bond motifs is 1. The van der Waals surface area contributed by atoms with Crippen molar-refractivity contribution in [2.24, 2.45) is 5.73 Å². The molecule has 2 atom stereocenters. The van der Waals surface area contributed by atoms with Crippen LogP contribution in [-0.2, 0) is 6.42 Å². The molecule has 0 unspecified atom stereocenters. The van der Waals surface area contributed by atoms with E-state index in [1.54, 1.807) is 0 Å². The molecule has 1 aromatic rings. The molecule has 2 aliphatic heterocycles. The molecule has 2 saturated heterocycles. The molecule has 0 spiro atoms. The van der Waals surface area contributed by atoms with E-state index in [1.165, 1.54) is 25.8 Å². The van der Waals surface area contributed by atoms with Crippen LogP contribution in [0.15, 0.2) is 4.52 Å². The molecule has 2 fully saturated rings. The second-order valence-corrected chi connectivity index (χ2v) is 4.81. The summed E-state index contributed by atoms with van der Waals surface area (Å²) in [6.07, 6.45) is 4.58. The van der Waals surface area contributed by atoms with Crippen molar-refractivity contribution in [3.8, 4) is 0 Å². The molecule has 5 nitrogen and oxygen atoms in total. The highest BCUT2D eigenvalue weighted by atomic mass is 16.5. The summed E-state index contributed by atoms with van der Waals surface area (Å²) in [5.74, 6) is 2.02. The number of hydrogen-bond acceptors (Lipinski definition) is 5. The Kier molecular flexibility index (Phi) is 2.65. The first kappa shape index (κ1) is 10.2. The largest absolute Gasteiger partial charge is 0.339 e. The van der Waals surface area contributed by atoms with E-state index in [0.29, 0.717) is 18.9 Å². The third-order valence-electron chi connectivity index (χ3n) is 3.71. The summed E-state index contributed by atoms with van der Waals surface area (Å²) in [5, 5.41) is 3.96. The molecule has 0 saturated carbocycles. The van der Waals surface area contributed by atoms with Gasteiger partial charge in [-0.25, -0.2) is 0 Å². The molecule has 0 radical (unpaired) electrons. The van der Waals surface area contributed by atoms with E-state index in [1.807, 2.05) is 0 Å². The summed E-state index contributed by atoms with van der Waals surface area (Å²) >= 11 is 0. The van der Waals surface area contributed by atoms with Gasteiger partial charge in [0, 0.05) is 19.0 Å². The summed E-state index contributed by atoms with van der Waals surface area (Å²) in [6.45, 7) is 2.91. The molecule has 0 aliphatic carbocycles. The third kappa shape index (κ3) is 1.74. The fourth-order valence-electron chi connectivity index (χ4n) is 2.93. The van der Waals surface area contributed by atoms with Crippen LogP contribution in [0.3, 0.4) is 0 Å². The Morgan fingerprint density at radius 2 is 2.44 bits per heavy atom. The highest BCUT2D eigenvalue weighted by molar-refractivity contribution is 5.03. The smallest absolute Gasteiger partial charge is 0.231 e. The van der Waals surface area contributed by atoms with Gasteiger partial charge < -0.3 is 10.3 Å². The van der Waals surface area contributed by atoms with Crippen molar-refractivity contribution in [2.75, 3.05) is 19.6 Å². The van der Waals surface area contributed by atoms with Gasteiger partial charge >= 0.3 is 0 Å². The van der Waals surface area contributed by atoms with Crippen LogP contribution in [0.1, 0.15) is 36.9 Å². The van der Waals surface area contributed by atoms with Crippen LogP contribution < -0.4 is 5.73 Å². The van der Waals surface area contributed by atoms with Gasteiger partial charge in [0.15, 0.2) is 5.82 Å². The molecule has 0 bridgehead atoms. The van der Waals surface area contributed by atoms with Gasteiger partial charge in [-0.15, -0.1) is 0 Å². The fourth-order valence-corrected chi connectivity index (χ4v) is 2.93. The average Bonchev–Trinajstić information content (AvgIpc) is 2.88. The van der Waals surface area contributed by atoms with Gasteiger partial charge in [-0.05, 0) is 32.4 Å². The van der Waals surface area contributed by atoms with Crippen LogP contribution in [0, 0.1) is 0 Å². The third-order valence-corrected chi connectivity index (χ3v) is 3.71. The lowest BCUT2D eigenvalue weighted by molar-refractivity contribution is 0.312. The lowest BCUT2D eigenvalue weighted by Gasteiger charge is -2.12. The topological polar surface area (TPSA) is 68.2 Å². The summed E-state index contributed by atoms with van der Waals surface area (Å²) in [5.41, 5.74) is 5.47. The lowest BCUT2D eigenvalue weighted by Crippen LogP contribution is -2.22. The van der Waals surface area contributed by atoms with Crippen molar-refractivity contribution in [3.05, 3.63) is 11.7 Å². The first-order valence-corrected chi connectivity index (χ1v) is 6.13. The predicted octanol–water partition coefficient (Wildman–Crippen LogP) is 0.522. The van der Waals surface area contributed by atoms with E-state index in [0.717, 1.165) is 24.3 Å². The van der Waals surface area contributed by atoms with Crippen molar-refractivity contribution in [1.82, 2.24) is 15.0 Å². The van der Waals surface area contributed by atoms with Crippen LogP contribution in [0.25, 0.3) is 0 Å². The molecular formula is C11H18N4O. The van der Waals surface area contributed by atoms with Crippen LogP contribution >= 0.6 is 0 Å². The van der Waals surface area contributed by atoms with Crippen molar-refractivity contribution >= 4 is 0 Å². The second-order valence-electron chi connectivity index (χ2n) is 4.81. The lowest BCUT2D eigenvalue weighted by atomic mass is 10.0. The van der Waals surface area contributed by atoms with Gasteiger partial charge in [-0.2, -0.15) is 4.98 Å². The molecule has 3 heterocycles. The van der Waals surface area contributed by atoms with E-state index in [9.17, 15) is 0 Å². The average molecular weight is 222 g/mol. The second kappa shape index (κ2) is 4.14. The molecule has 0 aromatic carbocycles. The molecular weight excluding hydrogens is 204 g/mol. The van der Waals surface area contributed by atoms with Crippen LogP contribution in [-0.4, -0.2) is 40.7 Å². The number of nitrogens with two attached hydrogens (primary N) is 1. The van der Waals surface area contributed by atoms with E-state index in [-0.39, 0.29) is 0 Å². The van der Waals surface area contributed by atoms with Crippen molar-refractivity contribution in [3.63, 3.8) is 0 Å². The minimum atomic E-state index is 0.448. The van der Waals surface area contributed by atoms with E-state index in [2.05, 4.69) is 15.0 Å². The Morgan fingerprint density at radius 1 is 1.50 bits per heavy atom. The monoisotopic (exact) mass is 222 g/mol. The maximum Gasteiger partial charge on any atom is 0.231 e. The van der Waals surface area contributed by atoms with E-state index < -0.39 is 0 Å². The molecule has 2 N–H and O–H groups in total. The Balaban J connectivity index is 1.68. The van der Waals surface area contributed by atoms with Gasteiger partial charge in [0.2, 0.25) is 5.89 Å². The first-order chi connectivity index (χ1) is 7.86. The number of hydrogen-bond donors (Lipinski definition) is 1. The normalized spacial score (nSPS) is 29.8. The Hall–Kier alpha value is -0.940. The molecule has 2 aliphatic rings. The van der Waals surface area contributed by atoms with Crippen molar-refractivity contribution in [2.45, 2.75) is 37.6 Å². The zero-order valence-electron chi connectivity index (χ0n) is 9.43. The molecule has 0 amide bonds. The summed E-state index contributed by atoms with van der Waals surface area (Å²) < 4.78 is 5.32. The predicted molar refractivity (Wildman–Crippen MR) is 59.0 cm³/mol. The summed E-state index contributed by atoms with van der Waals surface area (Å²) in [6, 6.07) is 0.759. The van der Waals surface area contributed by atoms with Crippen LogP contribution in [0.5, 0.6) is 0 Å². The van der Waals surface area contributed by atoms with E-state index in [4.69, 9.17) is 10.3 Å². The molecule has 1 aromatic heterocycles. The quantitative estimate of drug-likeness (QED) is 0.807. The van der Waals surface area contributed by atoms with Crippen molar-refractivity contribution < 1.29 is 4.52 Å². The molecule has 5 heteroatoms. The van der Waals surface area contributed by atoms with E-state index >= 15 is 0 Å². The Bertz CT molecular complexity index is 353. The Labute approximate surface area is 95.0 Å². The zero-order valence-corrected chi connectivity index (χ0v) is 9.43. The summed E-state index contributed by atoms with van der Waals surface area (Å²) in [7, 11) is 0. The standard InChI is InChI=1S/C11H18N4O/c12-4-3-10-13-11(16-14-10)8-6-9-2-1-5-15(9)7-8/h8-9H,1-7,12H2/t8-,9-/m0/s1. The van der Waals surface area contributed by atoms with Gasteiger partial charge in [-0.1, -0.05) is 5.16 Å². The molecule has 3 rings (SSSR count). The maximum atomic E-state index is 5.47. The summed E-state index contributed by atoms with van der Waals surface area (Å²) in [4.78, 5) is 6.98. The molecule has 16 heavy (non-hydrogen) atoms. The van der Waals surface area contributed by atoms with Gasteiger partial charge in [-0.3, -0.25) is 4.90 Å². The van der Waals surface area contributed by atoms with Crippen molar-refractivity contribution in [1.29, 1.82) is 0 Å². The van der Waals surface area contributed by atoms with Gasteiger partial charge in [0.25, 0.3) is 0 Å². The highest BCUT2D eigenvalue weighted by Crippen LogP contribution is 2.36. The van der Waals surface area contributed by atoms with Crippen LogP contribution in [0.4, 0.5) is 0 Å². The number of rotatable bonds is 3. The SMILES string of the molecule is NCCc1noc([C@H]2C[C@@H]3CCCN3C2)n1. The number of aromatic nitrogens is 2. The van der Waals surface area contributed by atoms with Crippen LogP contribution in [0.2, 0.25) is 0 Å². The van der Waals surface area contributed by atoms with Gasteiger partial charge in [0.1, 0.15) is 0 Å². The minimum absolute atomic E-state index is 0.448. The number of nitrogens with zero attached hydrogens (tertiary/aromatic N) is 3. The van der Waals surface area contributed by atoms with Gasteiger partial charge in [0.05, 0.1) is 5.92 Å². The highest BCUT2D eigenvalue weighted by Gasteiger charge is 2.38.